The molecule has 9 nitrogen and oxygen atoms in total. The van der Waals surface area contributed by atoms with Crippen molar-refractivity contribution in [2.75, 3.05) is 39.3 Å². The lowest BCUT2D eigenvalue weighted by Gasteiger charge is -2.21. The van der Waals surface area contributed by atoms with E-state index in [1.807, 2.05) is 18.3 Å². The van der Waals surface area contributed by atoms with Crippen LogP contribution in [-0.2, 0) is 19.8 Å². The quantitative estimate of drug-likeness (QED) is 0.107. The van der Waals surface area contributed by atoms with Crippen molar-refractivity contribution >= 4 is 11.6 Å². The second-order valence-electron chi connectivity index (χ2n) is 14.2. The monoisotopic (exact) mass is 730 g/mol. The highest BCUT2D eigenvalue weighted by Gasteiger charge is 2.26. The lowest BCUT2D eigenvalue weighted by Crippen LogP contribution is -2.22. The van der Waals surface area contributed by atoms with Crippen LogP contribution in [0.1, 0.15) is 70.7 Å². The summed E-state index contributed by atoms with van der Waals surface area (Å²) >= 11 is 6.94. The van der Waals surface area contributed by atoms with E-state index in [1.54, 1.807) is 18.5 Å². The van der Waals surface area contributed by atoms with E-state index in [1.165, 1.54) is 25.9 Å². The fourth-order valence-corrected chi connectivity index (χ4v) is 7.77. The molecule has 53 heavy (non-hydrogen) atoms. The second kappa shape index (κ2) is 17.3. The van der Waals surface area contributed by atoms with Gasteiger partial charge in [-0.3, -0.25) is 15.0 Å². The number of benzene rings is 3. The third-order valence-electron chi connectivity index (χ3n) is 10.5. The number of nitrogens with zero attached hydrogens (tertiary/aromatic N) is 5. The van der Waals surface area contributed by atoms with E-state index in [0.717, 1.165) is 82.9 Å². The highest BCUT2D eigenvalue weighted by atomic mass is 35.5. The van der Waals surface area contributed by atoms with Gasteiger partial charge in [-0.2, -0.15) is 10.4 Å². The van der Waals surface area contributed by atoms with Gasteiger partial charge in [-0.25, -0.2) is 0 Å². The Balaban J connectivity index is 1.06. The third kappa shape index (κ3) is 9.02. The predicted octanol–water partition coefficient (Wildman–Crippen LogP) is 8.63. The van der Waals surface area contributed by atoms with Crippen LogP contribution >= 0.6 is 11.6 Å². The number of nitrogens with one attached hydrogen (secondary N) is 1. The number of likely N-dealkylation sites (tertiary alicyclic amines) is 2. The summed E-state index contributed by atoms with van der Waals surface area (Å²) in [5.74, 6) is 2.58. The molecule has 2 aliphatic heterocycles. The molecular formula is C43H47ClN6O3. The highest BCUT2D eigenvalue weighted by Crippen LogP contribution is 2.38. The van der Waals surface area contributed by atoms with Gasteiger partial charge in [0.15, 0.2) is 0 Å². The predicted molar refractivity (Wildman–Crippen MR) is 207 cm³/mol. The largest absolute Gasteiger partial charge is 0.493 e. The van der Waals surface area contributed by atoms with Gasteiger partial charge in [0.2, 0.25) is 0 Å². The van der Waals surface area contributed by atoms with E-state index in [2.05, 4.69) is 87.4 Å². The Morgan fingerprint density at radius 1 is 0.849 bits per heavy atom. The van der Waals surface area contributed by atoms with Gasteiger partial charge >= 0.3 is 0 Å². The van der Waals surface area contributed by atoms with Crippen LogP contribution in [0.5, 0.6) is 17.2 Å². The van der Waals surface area contributed by atoms with Crippen LogP contribution in [-0.4, -0.2) is 64.3 Å². The maximum Gasteiger partial charge on any atom is 0.142 e. The van der Waals surface area contributed by atoms with Crippen LogP contribution in [0.2, 0.25) is 5.02 Å². The van der Waals surface area contributed by atoms with E-state index in [9.17, 15) is 5.26 Å². The molecule has 0 aliphatic carbocycles. The third-order valence-corrected chi connectivity index (χ3v) is 10.8. The van der Waals surface area contributed by atoms with Gasteiger partial charge in [0, 0.05) is 67.0 Å². The van der Waals surface area contributed by atoms with Crippen LogP contribution in [0.4, 0.5) is 0 Å². The molecule has 5 aromatic rings. The SMILES string of the molecule is Cc1c(COc2cc(OCc3cncc(C#N)c3)c(CN3CCC(c4ccn[nH]4)C3)cc2Cl)cccc1-c1cccc(OCCCN2CCCC2)c1C. The van der Waals surface area contributed by atoms with E-state index in [4.69, 9.17) is 25.8 Å². The van der Waals surface area contributed by atoms with E-state index >= 15 is 0 Å². The van der Waals surface area contributed by atoms with Gasteiger partial charge in [0.1, 0.15) is 36.5 Å². The average Bonchev–Trinajstić information content (AvgIpc) is 3.98. The maximum atomic E-state index is 9.38. The van der Waals surface area contributed by atoms with Crippen molar-refractivity contribution in [2.24, 2.45) is 0 Å². The first-order chi connectivity index (χ1) is 25.9. The normalized spacial score (nSPS) is 16.2. The highest BCUT2D eigenvalue weighted by molar-refractivity contribution is 6.32. The molecule has 0 amide bonds. The molecule has 0 bridgehead atoms. The van der Waals surface area contributed by atoms with Gasteiger partial charge < -0.3 is 19.1 Å². The molecule has 2 aromatic heterocycles. The summed E-state index contributed by atoms with van der Waals surface area (Å²) in [6.07, 6.45) is 9.78. The number of aromatic nitrogens is 3. The Bertz CT molecular complexity index is 2040. The molecule has 1 unspecified atom stereocenters. The standard InChI is InChI=1S/C43H47ClN6O3/c1-30-35(8-5-9-37(30)38-10-6-11-41(31(38)2)51-19-7-17-49-15-3-4-16-49)29-53-43-22-42(52-28-33-20-32(23-45)24-46-25-33)36(21-39(43)44)27-50-18-13-34(26-50)40-12-14-47-48-40/h5-6,8-12,14,20-22,24-25,34H,3-4,7,13,15-19,26-29H2,1-2H3,(H,47,48). The average molecular weight is 731 g/mol. The van der Waals surface area contributed by atoms with Crippen molar-refractivity contribution in [3.05, 3.63) is 123 Å². The second-order valence-corrected chi connectivity index (χ2v) is 14.6. The van der Waals surface area contributed by atoms with E-state index in [-0.39, 0.29) is 6.61 Å². The minimum absolute atomic E-state index is 0.259. The molecule has 2 fully saturated rings. The molecule has 10 heteroatoms. The van der Waals surface area contributed by atoms with Crippen molar-refractivity contribution < 1.29 is 14.2 Å². The fraction of sp³-hybridized carbons (Fsp3) is 0.372. The number of nitriles is 1. The topological polar surface area (TPSA) is 99.5 Å². The number of ether oxygens (including phenoxy) is 3. The Labute approximate surface area is 317 Å². The number of rotatable bonds is 15. The van der Waals surface area contributed by atoms with Crippen molar-refractivity contribution in [2.45, 2.75) is 65.2 Å². The maximum absolute atomic E-state index is 9.38. The summed E-state index contributed by atoms with van der Waals surface area (Å²) in [4.78, 5) is 9.14. The van der Waals surface area contributed by atoms with Gasteiger partial charge in [0.05, 0.1) is 17.2 Å². The Kier molecular flexibility index (Phi) is 11.9. The van der Waals surface area contributed by atoms with E-state index < -0.39 is 0 Å². The number of halogens is 1. The molecule has 1 atom stereocenters. The first-order valence-corrected chi connectivity index (χ1v) is 19.0. The minimum atomic E-state index is 0.259. The number of pyridine rings is 1. The van der Waals surface area contributed by atoms with Gasteiger partial charge in [-0.05, 0) is 111 Å². The summed E-state index contributed by atoms with van der Waals surface area (Å²) in [7, 11) is 0. The van der Waals surface area contributed by atoms with E-state index in [0.29, 0.717) is 47.8 Å². The van der Waals surface area contributed by atoms with Crippen LogP contribution in [0.15, 0.2) is 79.3 Å². The zero-order valence-electron chi connectivity index (χ0n) is 30.6. The molecule has 3 aromatic carbocycles. The van der Waals surface area contributed by atoms with Crippen molar-refractivity contribution in [3.8, 4) is 34.4 Å². The lowest BCUT2D eigenvalue weighted by atomic mass is 9.93. The van der Waals surface area contributed by atoms with Crippen molar-refractivity contribution in [1.29, 1.82) is 5.26 Å². The number of H-pyrrole nitrogens is 1. The number of aromatic amines is 1. The van der Waals surface area contributed by atoms with Gasteiger partial charge in [0.25, 0.3) is 0 Å². The fourth-order valence-electron chi connectivity index (χ4n) is 7.52. The smallest absolute Gasteiger partial charge is 0.142 e. The summed E-state index contributed by atoms with van der Waals surface area (Å²) < 4.78 is 19.2. The summed E-state index contributed by atoms with van der Waals surface area (Å²) in [5, 5.41) is 17.2. The van der Waals surface area contributed by atoms with Crippen LogP contribution in [0.25, 0.3) is 11.1 Å². The molecule has 7 rings (SSSR count). The lowest BCUT2D eigenvalue weighted by molar-refractivity contribution is 0.262. The minimum Gasteiger partial charge on any atom is -0.493 e. The molecule has 274 valence electrons. The van der Waals surface area contributed by atoms with Crippen LogP contribution < -0.4 is 14.2 Å². The summed E-state index contributed by atoms with van der Waals surface area (Å²) in [5.41, 5.74) is 9.12. The molecular weight excluding hydrogens is 684 g/mol. The molecule has 0 spiro atoms. The molecule has 2 saturated heterocycles. The van der Waals surface area contributed by atoms with Crippen molar-refractivity contribution in [3.63, 3.8) is 0 Å². The molecule has 2 aliphatic rings. The first kappa shape index (κ1) is 36.5. The molecule has 0 saturated carbocycles. The van der Waals surface area contributed by atoms with Crippen LogP contribution in [0, 0.1) is 25.2 Å². The zero-order chi connectivity index (χ0) is 36.6. The van der Waals surface area contributed by atoms with Crippen LogP contribution in [0.3, 0.4) is 0 Å². The number of hydrogen-bond acceptors (Lipinski definition) is 8. The first-order valence-electron chi connectivity index (χ1n) is 18.6. The molecule has 1 N–H and O–H groups in total. The van der Waals surface area contributed by atoms with Gasteiger partial charge in [-0.1, -0.05) is 41.9 Å². The Hall–Kier alpha value is -4.88. The summed E-state index contributed by atoms with van der Waals surface area (Å²) in [6, 6.07) is 22.5. The Morgan fingerprint density at radius 3 is 2.47 bits per heavy atom. The Morgan fingerprint density at radius 2 is 1.66 bits per heavy atom. The summed E-state index contributed by atoms with van der Waals surface area (Å²) in [6.45, 7) is 11.7. The molecule has 0 radical (unpaired) electrons. The zero-order valence-corrected chi connectivity index (χ0v) is 31.4. The molecule has 4 heterocycles. The number of hydrogen-bond donors (Lipinski definition) is 1. The van der Waals surface area contributed by atoms with Gasteiger partial charge in [-0.15, -0.1) is 0 Å². The van der Waals surface area contributed by atoms with Crippen molar-refractivity contribution in [1.82, 2.24) is 25.0 Å².